The number of nitrogens with one attached hydrogen (secondary N) is 2. The summed E-state index contributed by atoms with van der Waals surface area (Å²) in [4.78, 5) is 11.7. The maximum atomic E-state index is 11.7. The van der Waals surface area contributed by atoms with E-state index in [4.69, 9.17) is 9.47 Å². The van der Waals surface area contributed by atoms with Gasteiger partial charge in [-0.2, -0.15) is 0 Å². The van der Waals surface area contributed by atoms with Gasteiger partial charge in [-0.05, 0) is 18.9 Å². The normalized spacial score (nSPS) is 21.9. The second-order valence-corrected chi connectivity index (χ2v) is 4.81. The van der Waals surface area contributed by atoms with E-state index in [0.29, 0.717) is 19.8 Å². The number of fused-ring (bicyclic) bond motifs is 1. The number of benzene rings is 1. The van der Waals surface area contributed by atoms with Crippen molar-refractivity contribution in [1.29, 1.82) is 0 Å². The highest BCUT2D eigenvalue weighted by molar-refractivity contribution is 5.82. The first-order valence-electron chi connectivity index (χ1n) is 6.73. The lowest BCUT2D eigenvalue weighted by Crippen LogP contribution is -2.47. The first-order valence-corrected chi connectivity index (χ1v) is 6.73. The van der Waals surface area contributed by atoms with Crippen LogP contribution >= 0.6 is 0 Å². The van der Waals surface area contributed by atoms with Gasteiger partial charge in [0.1, 0.15) is 13.2 Å². The molecule has 5 heteroatoms. The third-order valence-corrected chi connectivity index (χ3v) is 3.47. The van der Waals surface area contributed by atoms with Crippen LogP contribution in [0.5, 0.6) is 11.5 Å². The molecule has 2 heterocycles. The largest absolute Gasteiger partial charge is 0.486 e. The Kier molecular flexibility index (Phi) is 3.55. The van der Waals surface area contributed by atoms with Crippen LogP contribution < -0.4 is 20.1 Å². The highest BCUT2D eigenvalue weighted by Gasteiger charge is 2.22. The van der Waals surface area contributed by atoms with Gasteiger partial charge in [0.25, 0.3) is 0 Å². The van der Waals surface area contributed by atoms with Crippen LogP contribution in [0.3, 0.4) is 0 Å². The third kappa shape index (κ3) is 2.66. The van der Waals surface area contributed by atoms with Gasteiger partial charge < -0.3 is 20.1 Å². The Hall–Kier alpha value is -1.75. The van der Waals surface area contributed by atoms with Gasteiger partial charge in [-0.25, -0.2) is 0 Å². The van der Waals surface area contributed by atoms with E-state index in [2.05, 4.69) is 10.6 Å². The highest BCUT2D eigenvalue weighted by Crippen LogP contribution is 2.33. The average Bonchev–Trinajstić information content (AvgIpc) is 2.46. The first-order chi connectivity index (χ1) is 9.34. The summed E-state index contributed by atoms with van der Waals surface area (Å²) in [6.45, 7) is 2.57. The van der Waals surface area contributed by atoms with Gasteiger partial charge in [-0.1, -0.05) is 12.1 Å². The monoisotopic (exact) mass is 262 g/mol. The molecule has 1 atom stereocenters. The van der Waals surface area contributed by atoms with Crippen molar-refractivity contribution in [2.24, 2.45) is 0 Å². The summed E-state index contributed by atoms with van der Waals surface area (Å²) in [6, 6.07) is 5.76. The van der Waals surface area contributed by atoms with Crippen LogP contribution in [0.4, 0.5) is 0 Å². The molecule has 0 saturated carbocycles. The van der Waals surface area contributed by atoms with Crippen molar-refractivity contribution < 1.29 is 14.3 Å². The molecule has 102 valence electrons. The summed E-state index contributed by atoms with van der Waals surface area (Å²) in [6.07, 6.45) is 1.91. The quantitative estimate of drug-likeness (QED) is 0.847. The SMILES string of the molecule is O=C1NCCCC1NCc1cccc2c1OCCO2. The second-order valence-electron chi connectivity index (χ2n) is 4.81. The molecule has 1 fully saturated rings. The summed E-state index contributed by atoms with van der Waals surface area (Å²) in [5.74, 6) is 1.68. The van der Waals surface area contributed by atoms with E-state index in [1.807, 2.05) is 18.2 Å². The molecule has 2 aliphatic heterocycles. The van der Waals surface area contributed by atoms with Crippen LogP contribution in [0.25, 0.3) is 0 Å². The predicted octanol–water partition coefficient (Wildman–Crippen LogP) is 0.826. The zero-order valence-corrected chi connectivity index (χ0v) is 10.8. The Balaban J connectivity index is 1.68. The van der Waals surface area contributed by atoms with Crippen molar-refractivity contribution in [3.05, 3.63) is 23.8 Å². The van der Waals surface area contributed by atoms with Crippen LogP contribution in [0, 0.1) is 0 Å². The number of piperidine rings is 1. The van der Waals surface area contributed by atoms with Crippen molar-refractivity contribution in [1.82, 2.24) is 10.6 Å². The molecule has 0 spiro atoms. The molecule has 2 N–H and O–H groups in total. The average molecular weight is 262 g/mol. The summed E-state index contributed by atoms with van der Waals surface area (Å²) in [5, 5.41) is 6.16. The van der Waals surface area contributed by atoms with E-state index in [1.54, 1.807) is 0 Å². The van der Waals surface area contributed by atoms with Gasteiger partial charge in [0.05, 0.1) is 6.04 Å². The zero-order valence-electron chi connectivity index (χ0n) is 10.8. The van der Waals surface area contributed by atoms with Crippen molar-refractivity contribution in [3.8, 4) is 11.5 Å². The molecular weight excluding hydrogens is 244 g/mol. The fourth-order valence-corrected chi connectivity index (χ4v) is 2.47. The van der Waals surface area contributed by atoms with Gasteiger partial charge in [0.15, 0.2) is 11.5 Å². The minimum Gasteiger partial charge on any atom is -0.486 e. The molecule has 1 aromatic rings. The minimum absolute atomic E-state index is 0.0909. The lowest BCUT2D eigenvalue weighted by Gasteiger charge is -2.25. The molecule has 19 heavy (non-hydrogen) atoms. The van der Waals surface area contributed by atoms with Crippen molar-refractivity contribution in [3.63, 3.8) is 0 Å². The van der Waals surface area contributed by atoms with Crippen LogP contribution in [0.2, 0.25) is 0 Å². The topological polar surface area (TPSA) is 59.6 Å². The van der Waals surface area contributed by atoms with Gasteiger partial charge in [-0.15, -0.1) is 0 Å². The molecule has 1 amide bonds. The molecule has 1 saturated heterocycles. The fourth-order valence-electron chi connectivity index (χ4n) is 2.47. The van der Waals surface area contributed by atoms with E-state index in [1.165, 1.54) is 0 Å². The molecule has 1 aromatic carbocycles. The number of rotatable bonds is 3. The lowest BCUT2D eigenvalue weighted by molar-refractivity contribution is -0.124. The molecule has 0 radical (unpaired) electrons. The predicted molar refractivity (Wildman–Crippen MR) is 70.3 cm³/mol. The standard InChI is InChI=1S/C14H18N2O3/c17-14-11(4-2-6-15-14)16-9-10-3-1-5-12-13(10)19-8-7-18-12/h1,3,5,11,16H,2,4,6-9H2,(H,15,17). The number of hydrogen-bond donors (Lipinski definition) is 2. The Morgan fingerprint density at radius 3 is 3.11 bits per heavy atom. The Labute approximate surface area is 112 Å². The smallest absolute Gasteiger partial charge is 0.237 e. The lowest BCUT2D eigenvalue weighted by atomic mass is 10.1. The van der Waals surface area contributed by atoms with Gasteiger partial charge in [0.2, 0.25) is 5.91 Å². The number of hydrogen-bond acceptors (Lipinski definition) is 4. The first kappa shape index (κ1) is 12.3. The molecule has 1 unspecified atom stereocenters. The molecule has 0 aromatic heterocycles. The van der Waals surface area contributed by atoms with Crippen LogP contribution in [0.1, 0.15) is 18.4 Å². The molecule has 0 aliphatic carbocycles. The summed E-state index contributed by atoms with van der Waals surface area (Å²) >= 11 is 0. The molecule has 3 rings (SSSR count). The van der Waals surface area contributed by atoms with Gasteiger partial charge >= 0.3 is 0 Å². The molecule has 2 aliphatic rings. The van der Waals surface area contributed by atoms with Crippen molar-refractivity contribution in [2.45, 2.75) is 25.4 Å². The minimum atomic E-state index is -0.103. The van der Waals surface area contributed by atoms with Gasteiger partial charge in [0, 0.05) is 18.7 Å². The molecule has 0 bridgehead atoms. The highest BCUT2D eigenvalue weighted by atomic mass is 16.6. The van der Waals surface area contributed by atoms with Crippen molar-refractivity contribution >= 4 is 5.91 Å². The number of amides is 1. The zero-order chi connectivity index (χ0) is 13.1. The molecule has 5 nitrogen and oxygen atoms in total. The van der Waals surface area contributed by atoms with Crippen LogP contribution in [-0.4, -0.2) is 31.7 Å². The number of para-hydroxylation sites is 1. The van der Waals surface area contributed by atoms with Crippen LogP contribution in [-0.2, 0) is 11.3 Å². The van der Waals surface area contributed by atoms with E-state index >= 15 is 0 Å². The summed E-state index contributed by atoms with van der Waals surface area (Å²) in [7, 11) is 0. The van der Waals surface area contributed by atoms with Gasteiger partial charge in [-0.3, -0.25) is 4.79 Å². The Morgan fingerprint density at radius 2 is 2.21 bits per heavy atom. The number of ether oxygens (including phenoxy) is 2. The summed E-state index contributed by atoms with van der Waals surface area (Å²) in [5.41, 5.74) is 1.04. The van der Waals surface area contributed by atoms with Crippen LogP contribution in [0.15, 0.2) is 18.2 Å². The number of carbonyl (C=O) groups excluding carboxylic acids is 1. The number of carbonyl (C=O) groups is 1. The van der Waals surface area contributed by atoms with Crippen molar-refractivity contribution in [2.75, 3.05) is 19.8 Å². The third-order valence-electron chi connectivity index (χ3n) is 3.47. The van der Waals surface area contributed by atoms with E-state index < -0.39 is 0 Å². The van der Waals surface area contributed by atoms with E-state index in [0.717, 1.165) is 36.4 Å². The Bertz CT molecular complexity index is 476. The maximum absolute atomic E-state index is 11.7. The van der Waals surface area contributed by atoms with E-state index in [9.17, 15) is 4.79 Å². The Morgan fingerprint density at radius 1 is 1.32 bits per heavy atom. The second kappa shape index (κ2) is 5.48. The van der Waals surface area contributed by atoms with E-state index in [-0.39, 0.29) is 11.9 Å². The maximum Gasteiger partial charge on any atom is 0.237 e. The molecular formula is C14H18N2O3. The summed E-state index contributed by atoms with van der Waals surface area (Å²) < 4.78 is 11.2. The fraction of sp³-hybridized carbons (Fsp3) is 0.500.